The highest BCUT2D eigenvalue weighted by Gasteiger charge is 2.18. The van der Waals surface area contributed by atoms with Gasteiger partial charge in [-0.15, -0.1) is 0 Å². The van der Waals surface area contributed by atoms with E-state index >= 15 is 0 Å². The zero-order valence-electron chi connectivity index (χ0n) is 28.3. The molecule has 242 valence electrons. The lowest BCUT2D eigenvalue weighted by Crippen LogP contribution is -2.10. The number of furan rings is 1. The second-order valence-electron chi connectivity index (χ2n) is 13.7. The Morgan fingerprint density at radius 1 is 0.288 bits per heavy atom. The number of benzene rings is 10. The van der Waals surface area contributed by atoms with Gasteiger partial charge in [0.2, 0.25) is 0 Å². The average molecular weight is 662 g/mol. The van der Waals surface area contributed by atoms with Gasteiger partial charge in [0.1, 0.15) is 11.2 Å². The SMILES string of the molecule is c1cc(-c2ccc3c4ccccc4c4c(ccc5oc6ccccc6c54)c3c2)cc(N(c2ccc3ccccc3c2)c2ccc3ccccc3c2)c1. The van der Waals surface area contributed by atoms with E-state index in [-0.39, 0.29) is 0 Å². The maximum absolute atomic E-state index is 6.37. The molecule has 0 bridgehead atoms. The Balaban J connectivity index is 1.13. The smallest absolute Gasteiger partial charge is 0.136 e. The molecule has 52 heavy (non-hydrogen) atoms. The first-order valence-electron chi connectivity index (χ1n) is 17.8. The summed E-state index contributed by atoms with van der Waals surface area (Å²) >= 11 is 0. The van der Waals surface area contributed by atoms with E-state index in [0.717, 1.165) is 33.6 Å². The molecular weight excluding hydrogens is 631 g/mol. The zero-order chi connectivity index (χ0) is 34.2. The minimum Gasteiger partial charge on any atom is -0.456 e. The molecule has 0 N–H and O–H groups in total. The normalized spacial score (nSPS) is 11.8. The molecule has 11 aromatic rings. The first-order valence-corrected chi connectivity index (χ1v) is 17.8. The van der Waals surface area contributed by atoms with Crippen molar-refractivity contribution in [1.29, 1.82) is 0 Å². The zero-order valence-corrected chi connectivity index (χ0v) is 28.3. The highest BCUT2D eigenvalue weighted by atomic mass is 16.3. The van der Waals surface area contributed by atoms with Crippen LogP contribution in [0, 0.1) is 0 Å². The molecule has 11 rings (SSSR count). The van der Waals surface area contributed by atoms with E-state index in [1.165, 1.54) is 70.4 Å². The fourth-order valence-electron chi connectivity index (χ4n) is 8.34. The van der Waals surface area contributed by atoms with Crippen molar-refractivity contribution in [2.45, 2.75) is 0 Å². The molecule has 0 unspecified atom stereocenters. The third kappa shape index (κ3) is 4.44. The molecule has 0 radical (unpaired) electrons. The van der Waals surface area contributed by atoms with Gasteiger partial charge in [-0.3, -0.25) is 0 Å². The summed E-state index contributed by atoms with van der Waals surface area (Å²) in [5.74, 6) is 0. The van der Waals surface area contributed by atoms with Crippen molar-refractivity contribution in [3.8, 4) is 11.1 Å². The number of rotatable bonds is 4. The Labute approximate surface area is 300 Å². The summed E-state index contributed by atoms with van der Waals surface area (Å²) in [6.07, 6.45) is 0. The van der Waals surface area contributed by atoms with Crippen LogP contribution >= 0.6 is 0 Å². The Bertz CT molecular complexity index is 3130. The first-order chi connectivity index (χ1) is 25.8. The van der Waals surface area contributed by atoms with E-state index in [1.807, 2.05) is 6.07 Å². The minimum atomic E-state index is 0.919. The van der Waals surface area contributed by atoms with Gasteiger partial charge in [0.15, 0.2) is 0 Å². The van der Waals surface area contributed by atoms with E-state index in [0.29, 0.717) is 0 Å². The number of fused-ring (bicyclic) bond motifs is 12. The van der Waals surface area contributed by atoms with Crippen LogP contribution in [-0.2, 0) is 0 Å². The molecular formula is C50H31NO. The molecule has 0 spiro atoms. The third-order valence-electron chi connectivity index (χ3n) is 10.8. The van der Waals surface area contributed by atoms with E-state index < -0.39 is 0 Å². The molecule has 0 amide bonds. The average Bonchev–Trinajstić information content (AvgIpc) is 3.60. The van der Waals surface area contributed by atoms with Crippen molar-refractivity contribution >= 4 is 92.9 Å². The molecule has 1 aromatic heterocycles. The number of nitrogens with zero attached hydrogens (tertiary/aromatic N) is 1. The summed E-state index contributed by atoms with van der Waals surface area (Å²) in [7, 11) is 0. The Morgan fingerprint density at radius 2 is 0.846 bits per heavy atom. The van der Waals surface area contributed by atoms with Crippen LogP contribution < -0.4 is 4.90 Å². The van der Waals surface area contributed by atoms with Crippen LogP contribution in [0.1, 0.15) is 0 Å². The van der Waals surface area contributed by atoms with Gasteiger partial charge < -0.3 is 9.32 Å². The fraction of sp³-hybridized carbons (Fsp3) is 0. The predicted molar refractivity (Wildman–Crippen MR) is 221 cm³/mol. The summed E-state index contributed by atoms with van der Waals surface area (Å²) < 4.78 is 6.37. The maximum Gasteiger partial charge on any atom is 0.136 e. The summed E-state index contributed by atoms with van der Waals surface area (Å²) in [5.41, 5.74) is 7.55. The van der Waals surface area contributed by atoms with E-state index in [9.17, 15) is 0 Å². The minimum absolute atomic E-state index is 0.919. The van der Waals surface area contributed by atoms with Gasteiger partial charge in [0, 0.05) is 33.2 Å². The van der Waals surface area contributed by atoms with Crippen LogP contribution in [0.4, 0.5) is 17.1 Å². The lowest BCUT2D eigenvalue weighted by molar-refractivity contribution is 0.669. The second-order valence-corrected chi connectivity index (χ2v) is 13.7. The maximum atomic E-state index is 6.37. The molecule has 2 nitrogen and oxygen atoms in total. The van der Waals surface area contributed by atoms with Crippen LogP contribution in [0.15, 0.2) is 192 Å². The summed E-state index contributed by atoms with van der Waals surface area (Å²) in [4.78, 5) is 2.38. The molecule has 0 fully saturated rings. The monoisotopic (exact) mass is 661 g/mol. The molecule has 0 aliphatic rings. The van der Waals surface area contributed by atoms with Crippen molar-refractivity contribution < 1.29 is 4.42 Å². The van der Waals surface area contributed by atoms with Crippen LogP contribution in [0.3, 0.4) is 0 Å². The molecule has 0 aliphatic heterocycles. The highest BCUT2D eigenvalue weighted by Crippen LogP contribution is 2.44. The quantitative estimate of drug-likeness (QED) is 0.175. The number of hydrogen-bond donors (Lipinski definition) is 0. The fourth-order valence-corrected chi connectivity index (χ4v) is 8.34. The molecule has 2 heteroatoms. The summed E-state index contributed by atoms with van der Waals surface area (Å²) in [5, 5.41) is 14.7. The third-order valence-corrected chi connectivity index (χ3v) is 10.8. The van der Waals surface area contributed by atoms with Gasteiger partial charge in [0.25, 0.3) is 0 Å². The molecule has 0 aliphatic carbocycles. The largest absolute Gasteiger partial charge is 0.456 e. The van der Waals surface area contributed by atoms with Crippen molar-refractivity contribution in [1.82, 2.24) is 0 Å². The van der Waals surface area contributed by atoms with Gasteiger partial charge in [-0.1, -0.05) is 127 Å². The van der Waals surface area contributed by atoms with E-state index in [4.69, 9.17) is 4.42 Å². The predicted octanol–water partition coefficient (Wildman–Crippen LogP) is 14.5. The van der Waals surface area contributed by atoms with Gasteiger partial charge in [0.05, 0.1) is 0 Å². The van der Waals surface area contributed by atoms with Crippen LogP contribution in [0.25, 0.3) is 86.9 Å². The number of para-hydroxylation sites is 1. The Hall–Kier alpha value is -6.90. The summed E-state index contributed by atoms with van der Waals surface area (Å²) in [6.45, 7) is 0. The van der Waals surface area contributed by atoms with Crippen molar-refractivity contribution in [3.63, 3.8) is 0 Å². The van der Waals surface area contributed by atoms with Crippen LogP contribution in [0.2, 0.25) is 0 Å². The van der Waals surface area contributed by atoms with Crippen molar-refractivity contribution in [3.05, 3.63) is 188 Å². The van der Waals surface area contributed by atoms with Gasteiger partial charge in [-0.2, -0.15) is 0 Å². The molecule has 1 heterocycles. The van der Waals surface area contributed by atoms with Crippen LogP contribution in [0.5, 0.6) is 0 Å². The summed E-state index contributed by atoms with van der Waals surface area (Å²) in [6, 6.07) is 68.2. The Morgan fingerprint density at radius 3 is 1.60 bits per heavy atom. The lowest BCUT2D eigenvalue weighted by Gasteiger charge is -2.27. The standard InChI is InChI=1S/C50H31NO/c1-3-12-34-28-39(23-20-32(34)10-1)51(40-24-21-33-11-2-4-13-35(33)29-40)38-15-9-14-36(30-38)37-22-25-42-41-16-5-6-17-43(41)49-44(46(42)31-37)26-27-48-50(49)45-18-7-8-19-47(45)52-48/h1-31H. The molecule has 0 saturated carbocycles. The van der Waals surface area contributed by atoms with Crippen molar-refractivity contribution in [2.24, 2.45) is 0 Å². The second kappa shape index (κ2) is 11.3. The van der Waals surface area contributed by atoms with Gasteiger partial charge in [-0.25, -0.2) is 0 Å². The number of anilines is 3. The lowest BCUT2D eigenvalue weighted by atomic mass is 9.90. The molecule has 0 atom stereocenters. The topological polar surface area (TPSA) is 16.4 Å². The number of hydrogen-bond acceptors (Lipinski definition) is 2. The Kier molecular flexibility index (Phi) is 6.28. The van der Waals surface area contributed by atoms with Crippen LogP contribution in [-0.4, -0.2) is 0 Å². The molecule has 10 aromatic carbocycles. The van der Waals surface area contributed by atoms with Gasteiger partial charge in [-0.05, 0) is 120 Å². The van der Waals surface area contributed by atoms with Gasteiger partial charge >= 0.3 is 0 Å². The van der Waals surface area contributed by atoms with E-state index in [2.05, 4.69) is 187 Å². The highest BCUT2D eigenvalue weighted by molar-refractivity contribution is 6.34. The first kappa shape index (κ1) is 28.9. The van der Waals surface area contributed by atoms with E-state index in [1.54, 1.807) is 0 Å². The van der Waals surface area contributed by atoms with Crippen molar-refractivity contribution in [2.75, 3.05) is 4.90 Å². The molecule has 0 saturated heterocycles.